The lowest BCUT2D eigenvalue weighted by molar-refractivity contribution is 0.198. The summed E-state index contributed by atoms with van der Waals surface area (Å²) in [4.78, 5) is 44.2. The number of anilines is 4. The lowest BCUT2D eigenvalue weighted by Gasteiger charge is -2.36. The normalized spacial score (nSPS) is 21.0. The fraction of sp³-hybridized carbons (Fsp3) is 0.364. The number of aliphatic hydroxyl groups is 2. The SMILES string of the molecule is CC1c2cnc(-c3ccccn3)nc2CCN1c1cc(F)cc(N2CCC(O)C2)n1.CC1c2cnc(-c3ccccn3)nc2CCN1c1cc(N2CCC(O)C2)cc(F)n1. The van der Waals surface area contributed by atoms with Crippen LogP contribution in [0.3, 0.4) is 0 Å². The summed E-state index contributed by atoms with van der Waals surface area (Å²) in [5.41, 5.74) is 6.28. The molecular weight excluding hydrogens is 767 g/mol. The van der Waals surface area contributed by atoms with Gasteiger partial charge in [0.25, 0.3) is 0 Å². The number of nitrogens with zero attached hydrogens (tertiary/aromatic N) is 12. The van der Waals surface area contributed by atoms with Crippen LogP contribution in [0.25, 0.3) is 23.0 Å². The van der Waals surface area contributed by atoms with E-state index >= 15 is 0 Å². The number of hydrogen-bond acceptors (Lipinski definition) is 14. The highest BCUT2D eigenvalue weighted by atomic mass is 19.1. The van der Waals surface area contributed by atoms with Crippen LogP contribution in [0.15, 0.2) is 85.5 Å². The Morgan fingerprint density at radius 1 is 0.583 bits per heavy atom. The van der Waals surface area contributed by atoms with Gasteiger partial charge in [-0.3, -0.25) is 9.97 Å². The van der Waals surface area contributed by atoms with Crippen LogP contribution in [-0.2, 0) is 12.8 Å². The van der Waals surface area contributed by atoms with Crippen LogP contribution in [0.4, 0.5) is 31.9 Å². The molecule has 6 aromatic rings. The summed E-state index contributed by atoms with van der Waals surface area (Å²) in [6.45, 7) is 7.90. The maximum atomic E-state index is 14.4. The van der Waals surface area contributed by atoms with Gasteiger partial charge in [-0.15, -0.1) is 0 Å². The van der Waals surface area contributed by atoms with Crippen molar-refractivity contribution in [2.24, 2.45) is 0 Å². The zero-order chi connectivity index (χ0) is 41.3. The second kappa shape index (κ2) is 16.8. The van der Waals surface area contributed by atoms with Crippen LogP contribution in [0.1, 0.15) is 61.3 Å². The monoisotopic (exact) mass is 812 g/mol. The summed E-state index contributed by atoms with van der Waals surface area (Å²) in [6.07, 6.45) is 9.22. The second-order valence-corrected chi connectivity index (χ2v) is 15.6. The van der Waals surface area contributed by atoms with Crippen molar-refractivity contribution >= 4 is 23.1 Å². The summed E-state index contributed by atoms with van der Waals surface area (Å²) in [6, 6.07) is 17.6. The molecule has 60 heavy (non-hydrogen) atoms. The van der Waals surface area contributed by atoms with Crippen LogP contribution in [0.2, 0.25) is 0 Å². The van der Waals surface area contributed by atoms with Gasteiger partial charge in [-0.1, -0.05) is 12.1 Å². The number of rotatable bonds is 6. The van der Waals surface area contributed by atoms with Crippen molar-refractivity contribution in [1.82, 2.24) is 39.9 Å². The van der Waals surface area contributed by atoms with E-state index in [2.05, 4.69) is 48.6 Å². The molecular formula is C44H46F2N12O2. The van der Waals surface area contributed by atoms with Gasteiger partial charge in [-0.25, -0.2) is 34.3 Å². The average Bonchev–Trinajstić information content (AvgIpc) is 3.92. The van der Waals surface area contributed by atoms with Gasteiger partial charge >= 0.3 is 0 Å². The number of aromatic nitrogens is 8. The molecule has 10 rings (SSSR count). The Morgan fingerprint density at radius 2 is 1.12 bits per heavy atom. The minimum absolute atomic E-state index is 0.0298. The van der Waals surface area contributed by atoms with Crippen molar-refractivity contribution in [3.8, 4) is 23.0 Å². The molecule has 4 aliphatic rings. The highest BCUT2D eigenvalue weighted by molar-refractivity contribution is 5.59. The van der Waals surface area contributed by atoms with E-state index in [1.165, 1.54) is 18.2 Å². The Morgan fingerprint density at radius 3 is 1.63 bits per heavy atom. The van der Waals surface area contributed by atoms with Gasteiger partial charge in [0.2, 0.25) is 5.95 Å². The Balaban J connectivity index is 0.000000154. The molecule has 14 nitrogen and oxygen atoms in total. The molecule has 0 spiro atoms. The number of β-amino-alcohol motifs (C(OH)–C–C–N with tert-alkyl or cyclic N) is 2. The predicted octanol–water partition coefficient (Wildman–Crippen LogP) is 5.53. The summed E-state index contributed by atoms with van der Waals surface area (Å²) in [5, 5.41) is 19.6. The molecule has 0 bridgehead atoms. The van der Waals surface area contributed by atoms with Gasteiger partial charge in [0.15, 0.2) is 11.6 Å². The van der Waals surface area contributed by atoms with Gasteiger partial charge in [0, 0.05) is 118 Å². The van der Waals surface area contributed by atoms with Gasteiger partial charge in [0.05, 0.1) is 35.7 Å². The Labute approximate surface area is 346 Å². The summed E-state index contributed by atoms with van der Waals surface area (Å²) in [7, 11) is 0. The first kappa shape index (κ1) is 39.2. The molecule has 0 amide bonds. The molecule has 2 fully saturated rings. The van der Waals surface area contributed by atoms with Crippen LogP contribution in [-0.4, -0.2) is 102 Å². The molecule has 10 heterocycles. The van der Waals surface area contributed by atoms with E-state index in [0.717, 1.165) is 52.4 Å². The second-order valence-electron chi connectivity index (χ2n) is 15.6. The first-order valence-corrected chi connectivity index (χ1v) is 20.5. The number of hydrogen-bond donors (Lipinski definition) is 2. The van der Waals surface area contributed by atoms with Gasteiger partial charge < -0.3 is 29.8 Å². The molecule has 6 aromatic heterocycles. The summed E-state index contributed by atoms with van der Waals surface area (Å²) in [5.74, 6) is 2.17. The molecule has 0 aromatic carbocycles. The third-order valence-electron chi connectivity index (χ3n) is 11.7. The topological polar surface area (TPSA) is 157 Å². The fourth-order valence-electron chi connectivity index (χ4n) is 8.50. The molecule has 4 atom stereocenters. The lowest BCUT2D eigenvalue weighted by Crippen LogP contribution is -2.35. The summed E-state index contributed by atoms with van der Waals surface area (Å²) >= 11 is 0. The molecule has 2 N–H and O–H groups in total. The van der Waals surface area contributed by atoms with Crippen molar-refractivity contribution < 1.29 is 19.0 Å². The quantitative estimate of drug-likeness (QED) is 0.202. The van der Waals surface area contributed by atoms with E-state index in [-0.39, 0.29) is 30.1 Å². The smallest absolute Gasteiger partial charge is 0.216 e. The molecule has 0 radical (unpaired) electrons. The highest BCUT2D eigenvalue weighted by Crippen LogP contribution is 2.36. The largest absolute Gasteiger partial charge is 0.391 e. The molecule has 308 valence electrons. The van der Waals surface area contributed by atoms with Crippen LogP contribution >= 0.6 is 0 Å². The molecule has 16 heteroatoms. The van der Waals surface area contributed by atoms with Crippen molar-refractivity contribution in [2.45, 2.75) is 63.8 Å². The van der Waals surface area contributed by atoms with E-state index in [1.807, 2.05) is 64.7 Å². The van der Waals surface area contributed by atoms with Crippen LogP contribution in [0, 0.1) is 11.8 Å². The van der Waals surface area contributed by atoms with Crippen molar-refractivity contribution in [1.29, 1.82) is 0 Å². The molecule has 4 unspecified atom stereocenters. The van der Waals surface area contributed by atoms with E-state index in [0.29, 0.717) is 81.2 Å². The third-order valence-corrected chi connectivity index (χ3v) is 11.7. The predicted molar refractivity (Wildman–Crippen MR) is 224 cm³/mol. The Hall–Kier alpha value is -6.26. The van der Waals surface area contributed by atoms with Crippen molar-refractivity contribution in [2.75, 3.05) is 58.9 Å². The van der Waals surface area contributed by atoms with E-state index < -0.39 is 5.95 Å². The average molecular weight is 813 g/mol. The standard InChI is InChI=1S/2C22H23FN6O/c1-14-17-12-25-22(19-4-2-3-7-24-19)26-18(17)6-9-29(14)21-11-15(10-20(23)27-21)28-8-5-16(30)13-28;1-14-17-12-25-22(19-4-2-3-7-24-19)26-18(17)6-9-29(14)21-11-15(23)10-20(27-21)28-8-5-16(30)13-28/h2*2-4,7,10-12,14,16,30H,5-6,8-9,13H2,1H3. The maximum absolute atomic E-state index is 14.4. The molecule has 4 aliphatic heterocycles. The highest BCUT2D eigenvalue weighted by Gasteiger charge is 2.31. The minimum Gasteiger partial charge on any atom is -0.391 e. The number of fused-ring (bicyclic) bond motifs is 2. The van der Waals surface area contributed by atoms with E-state index in [9.17, 15) is 19.0 Å². The van der Waals surface area contributed by atoms with Gasteiger partial charge in [-0.05, 0) is 51.0 Å². The first-order valence-electron chi connectivity index (χ1n) is 20.5. The first-order chi connectivity index (χ1) is 29.2. The summed E-state index contributed by atoms with van der Waals surface area (Å²) < 4.78 is 28.7. The maximum Gasteiger partial charge on any atom is 0.216 e. The number of aliphatic hydroxyl groups excluding tert-OH is 2. The van der Waals surface area contributed by atoms with Crippen LogP contribution in [0.5, 0.6) is 0 Å². The molecule has 0 aliphatic carbocycles. The molecule has 2 saturated heterocycles. The number of pyridine rings is 4. The number of halogens is 2. The van der Waals surface area contributed by atoms with E-state index in [1.54, 1.807) is 12.4 Å². The zero-order valence-corrected chi connectivity index (χ0v) is 33.5. The minimum atomic E-state index is -0.511. The lowest BCUT2D eigenvalue weighted by atomic mass is 9.99. The Kier molecular flexibility index (Phi) is 11.0. The fourth-order valence-corrected chi connectivity index (χ4v) is 8.50. The van der Waals surface area contributed by atoms with Crippen molar-refractivity contribution in [3.05, 3.63) is 120 Å². The third kappa shape index (κ3) is 8.16. The van der Waals surface area contributed by atoms with Gasteiger partial charge in [-0.2, -0.15) is 4.39 Å². The van der Waals surface area contributed by atoms with Gasteiger partial charge in [0.1, 0.15) is 34.7 Å². The van der Waals surface area contributed by atoms with Crippen molar-refractivity contribution in [3.63, 3.8) is 0 Å². The Bertz CT molecular complexity index is 2300. The zero-order valence-electron chi connectivity index (χ0n) is 33.5. The van der Waals surface area contributed by atoms with Crippen LogP contribution < -0.4 is 19.6 Å². The van der Waals surface area contributed by atoms with E-state index in [4.69, 9.17) is 15.0 Å². The molecule has 0 saturated carbocycles.